The fourth-order valence-electron chi connectivity index (χ4n) is 8.13. The minimum absolute atomic E-state index is 0.0468. The number of fused-ring (bicyclic) bond motifs is 1. The summed E-state index contributed by atoms with van der Waals surface area (Å²) in [5.41, 5.74) is -0.714. The third-order valence-electron chi connectivity index (χ3n) is 11.5. The Kier molecular flexibility index (Phi) is 13.0. The number of sulfonamides is 1. The van der Waals surface area contributed by atoms with E-state index >= 15 is 0 Å². The zero-order valence-corrected chi connectivity index (χ0v) is 31.8. The molecule has 2 saturated heterocycles. The first-order valence-corrected chi connectivity index (χ1v) is 20.1. The van der Waals surface area contributed by atoms with Gasteiger partial charge in [-0.3, -0.25) is 19.2 Å². The van der Waals surface area contributed by atoms with E-state index in [1.807, 2.05) is 34.6 Å². The van der Waals surface area contributed by atoms with Gasteiger partial charge in [-0.2, -0.15) is 4.31 Å². The summed E-state index contributed by atoms with van der Waals surface area (Å²) >= 11 is 0. The van der Waals surface area contributed by atoms with E-state index in [2.05, 4.69) is 33.8 Å². The summed E-state index contributed by atoms with van der Waals surface area (Å²) in [6.07, 6.45) is 12.8. The molecule has 0 radical (unpaired) electrons. The molecule has 14 heteroatoms. The Balaban J connectivity index is 1.56. The lowest BCUT2D eigenvalue weighted by molar-refractivity contribution is -0.144. The number of ketones is 1. The number of likely N-dealkylation sites (tertiary alicyclic amines) is 1. The van der Waals surface area contributed by atoms with E-state index < -0.39 is 63.2 Å². The lowest BCUT2D eigenvalue weighted by Crippen LogP contribution is -2.62. The van der Waals surface area contributed by atoms with E-state index in [1.165, 1.54) is 10.4 Å². The molecular formula is C37H58N6O7S. The number of rotatable bonds is 14. The molecular weight excluding hydrogens is 673 g/mol. The van der Waals surface area contributed by atoms with Crippen LogP contribution in [-0.4, -0.2) is 103 Å². The maximum atomic E-state index is 14.6. The van der Waals surface area contributed by atoms with Crippen LogP contribution in [0.1, 0.15) is 92.4 Å². The summed E-state index contributed by atoms with van der Waals surface area (Å²) < 4.78 is 27.1. The second kappa shape index (κ2) is 16.5. The normalized spacial score (nSPS) is 26.0. The standard InChI is InChI=1S/C37H58N6O7S/c1-8-10-18-26(31(44)33(46)38-19-9-2)39-32(45)30-28-25(37(28,6)7)22-43(30)34(47)29(24-16-12-11-13-17-24)41-35(48)40-27(36(3,4)5)23-42-20-14-15-21-51(42,49)50/h1,9,24-30H,2,10-23H2,3-7H3,(H,38,46)(H,39,45)(H2,40,41,48)/t25-,26?,27+,28-,29-,30?/m0/s1. The molecule has 0 aromatic carbocycles. The molecule has 4 fully saturated rings. The third-order valence-corrected chi connectivity index (χ3v) is 13.4. The molecule has 51 heavy (non-hydrogen) atoms. The first-order chi connectivity index (χ1) is 23.9. The SMILES string of the molecule is C#CCCC(NC(=O)C1[C@@H]2[C@H](CN1C(=O)[C@@H](NC(=O)N[C@H](CN1CCCCS1(=O)=O)C(C)(C)C)C1CCCCC1)C2(C)C)C(=O)C(=O)NCC=C. The van der Waals surface area contributed by atoms with Crippen LogP contribution in [0, 0.1) is 40.9 Å². The van der Waals surface area contributed by atoms with Crippen molar-refractivity contribution >= 4 is 39.6 Å². The summed E-state index contributed by atoms with van der Waals surface area (Å²) in [5, 5.41) is 11.2. The second-order valence-electron chi connectivity index (χ2n) is 16.3. The maximum absolute atomic E-state index is 14.6. The number of carbonyl (C=O) groups is 5. The monoisotopic (exact) mass is 730 g/mol. The number of hydrogen-bond donors (Lipinski definition) is 4. The van der Waals surface area contributed by atoms with Gasteiger partial charge in [0.1, 0.15) is 12.1 Å². The zero-order valence-electron chi connectivity index (χ0n) is 31.0. The lowest BCUT2D eigenvalue weighted by Gasteiger charge is -2.39. The van der Waals surface area contributed by atoms with Gasteiger partial charge >= 0.3 is 6.03 Å². The largest absolute Gasteiger partial charge is 0.346 e. The van der Waals surface area contributed by atoms with Crippen molar-refractivity contribution in [3.63, 3.8) is 0 Å². The van der Waals surface area contributed by atoms with Gasteiger partial charge in [0, 0.05) is 38.6 Å². The predicted octanol–water partition coefficient (Wildman–Crippen LogP) is 2.33. The number of terminal acetylenes is 1. The van der Waals surface area contributed by atoms with Crippen molar-refractivity contribution in [1.29, 1.82) is 0 Å². The Morgan fingerprint density at radius 1 is 1.02 bits per heavy atom. The molecule has 13 nitrogen and oxygen atoms in total. The van der Waals surface area contributed by atoms with Gasteiger partial charge < -0.3 is 26.2 Å². The average Bonchev–Trinajstić information content (AvgIpc) is 3.38. The summed E-state index contributed by atoms with van der Waals surface area (Å²) in [6.45, 7) is 14.4. The topological polar surface area (TPSA) is 174 Å². The average molecular weight is 731 g/mol. The third kappa shape index (κ3) is 9.52. The molecule has 6 atom stereocenters. The van der Waals surface area contributed by atoms with Crippen molar-refractivity contribution in [2.75, 3.05) is 31.9 Å². The Morgan fingerprint density at radius 3 is 2.31 bits per heavy atom. The van der Waals surface area contributed by atoms with Gasteiger partial charge in [0.25, 0.3) is 5.91 Å². The molecule has 4 rings (SSSR count). The second-order valence-corrected chi connectivity index (χ2v) is 18.4. The molecule has 2 saturated carbocycles. The van der Waals surface area contributed by atoms with Crippen LogP contribution in [0.4, 0.5) is 4.79 Å². The number of Topliss-reactive ketones (excluding diaryl/α,β-unsaturated/α-hetero) is 1. The van der Waals surface area contributed by atoms with Crippen LogP contribution in [0.5, 0.6) is 0 Å². The molecule has 0 bridgehead atoms. The van der Waals surface area contributed by atoms with Crippen molar-refractivity contribution < 1.29 is 32.4 Å². The highest BCUT2D eigenvalue weighted by Gasteiger charge is 2.69. The van der Waals surface area contributed by atoms with Gasteiger partial charge in [-0.1, -0.05) is 60.0 Å². The molecule has 0 spiro atoms. The Labute approximate surface area is 303 Å². The summed E-state index contributed by atoms with van der Waals surface area (Å²) in [7, 11) is -3.43. The van der Waals surface area contributed by atoms with Crippen LogP contribution in [0.2, 0.25) is 0 Å². The van der Waals surface area contributed by atoms with Gasteiger partial charge in [0.2, 0.25) is 27.6 Å². The van der Waals surface area contributed by atoms with Gasteiger partial charge in [-0.25, -0.2) is 13.2 Å². The number of piperidine rings is 1. The van der Waals surface area contributed by atoms with Crippen LogP contribution >= 0.6 is 0 Å². The maximum Gasteiger partial charge on any atom is 0.315 e. The van der Waals surface area contributed by atoms with Crippen molar-refractivity contribution in [1.82, 2.24) is 30.5 Å². The zero-order chi connectivity index (χ0) is 37.7. The molecule has 2 aliphatic carbocycles. The van der Waals surface area contributed by atoms with E-state index in [0.717, 1.165) is 38.5 Å². The summed E-state index contributed by atoms with van der Waals surface area (Å²) in [5.74, 6) is -0.313. The van der Waals surface area contributed by atoms with Gasteiger partial charge in [0.05, 0.1) is 11.8 Å². The van der Waals surface area contributed by atoms with Crippen molar-refractivity contribution in [2.24, 2.45) is 28.6 Å². The van der Waals surface area contributed by atoms with Crippen molar-refractivity contribution in [2.45, 2.75) is 117 Å². The predicted molar refractivity (Wildman–Crippen MR) is 194 cm³/mol. The highest BCUT2D eigenvalue weighted by molar-refractivity contribution is 7.89. The van der Waals surface area contributed by atoms with E-state index in [1.54, 1.807) is 4.90 Å². The molecule has 284 valence electrons. The number of amides is 5. The lowest BCUT2D eigenvalue weighted by atomic mass is 9.83. The molecule has 2 heterocycles. The molecule has 2 aliphatic heterocycles. The van der Waals surface area contributed by atoms with Crippen LogP contribution in [-0.2, 0) is 29.2 Å². The minimum Gasteiger partial charge on any atom is -0.346 e. The van der Waals surface area contributed by atoms with Crippen LogP contribution in [0.25, 0.3) is 0 Å². The van der Waals surface area contributed by atoms with Gasteiger partial charge in [-0.05, 0) is 60.7 Å². The smallest absolute Gasteiger partial charge is 0.315 e. The molecule has 4 aliphatic rings. The van der Waals surface area contributed by atoms with E-state index in [-0.39, 0.29) is 60.8 Å². The van der Waals surface area contributed by atoms with E-state index in [9.17, 15) is 32.4 Å². The summed E-state index contributed by atoms with van der Waals surface area (Å²) in [4.78, 5) is 69.7. The fourth-order valence-corrected chi connectivity index (χ4v) is 9.74. The quantitative estimate of drug-likeness (QED) is 0.121. The molecule has 0 aromatic rings. The first-order valence-electron chi connectivity index (χ1n) is 18.5. The Morgan fingerprint density at radius 2 is 1.71 bits per heavy atom. The van der Waals surface area contributed by atoms with Gasteiger partial charge in [0.15, 0.2) is 0 Å². The number of hydrogen-bond acceptors (Lipinski definition) is 7. The fraction of sp³-hybridized carbons (Fsp3) is 0.757. The summed E-state index contributed by atoms with van der Waals surface area (Å²) in [6, 6.07) is -4.09. The van der Waals surface area contributed by atoms with Crippen molar-refractivity contribution in [3.05, 3.63) is 12.7 Å². The van der Waals surface area contributed by atoms with Crippen molar-refractivity contribution in [3.8, 4) is 12.3 Å². The van der Waals surface area contributed by atoms with Crippen LogP contribution in [0.15, 0.2) is 12.7 Å². The van der Waals surface area contributed by atoms with E-state index in [4.69, 9.17) is 6.42 Å². The molecule has 4 N–H and O–H groups in total. The minimum atomic E-state index is -3.43. The molecule has 0 aromatic heterocycles. The van der Waals surface area contributed by atoms with Gasteiger partial charge in [-0.15, -0.1) is 18.9 Å². The Bertz CT molecular complexity index is 1490. The van der Waals surface area contributed by atoms with Crippen LogP contribution < -0.4 is 21.3 Å². The highest BCUT2D eigenvalue weighted by atomic mass is 32.2. The number of nitrogens with zero attached hydrogens (tertiary/aromatic N) is 2. The number of carbonyl (C=O) groups excluding carboxylic acids is 5. The first kappa shape index (κ1) is 40.3. The molecule has 5 amide bonds. The molecule has 2 unspecified atom stereocenters. The number of urea groups is 1. The van der Waals surface area contributed by atoms with E-state index in [0.29, 0.717) is 19.5 Å². The highest BCUT2D eigenvalue weighted by Crippen LogP contribution is 2.65. The van der Waals surface area contributed by atoms with Crippen LogP contribution in [0.3, 0.4) is 0 Å². The Hall–Kier alpha value is -3.44. The number of nitrogens with one attached hydrogen (secondary N) is 4.